The van der Waals surface area contributed by atoms with Crippen LogP contribution in [0.1, 0.15) is 46.5 Å². The zero-order valence-corrected chi connectivity index (χ0v) is 17.4. The molecule has 1 saturated carbocycles. The molecular weight excluding hydrogens is 376 g/mol. The maximum absolute atomic E-state index is 12.8. The lowest BCUT2D eigenvalue weighted by Crippen LogP contribution is -2.52. The third kappa shape index (κ3) is 6.32. The molecule has 1 unspecified atom stereocenters. The lowest BCUT2D eigenvalue weighted by Gasteiger charge is -2.39. The predicted octanol–water partition coefficient (Wildman–Crippen LogP) is 1.02. The van der Waals surface area contributed by atoms with Crippen LogP contribution in [0.3, 0.4) is 0 Å². The summed E-state index contributed by atoms with van der Waals surface area (Å²) in [5.41, 5.74) is -0.634. The minimum absolute atomic E-state index is 0.171. The third-order valence-electron chi connectivity index (χ3n) is 4.65. The van der Waals surface area contributed by atoms with Gasteiger partial charge in [0.1, 0.15) is 11.6 Å². The Morgan fingerprint density at radius 2 is 1.89 bits per heavy atom. The fourth-order valence-electron chi connectivity index (χ4n) is 3.64. The third-order valence-corrected chi connectivity index (χ3v) is 5.28. The number of carbonyl (C=O) groups is 2. The van der Waals surface area contributed by atoms with Crippen LogP contribution in [0.4, 0.5) is 4.79 Å². The Labute approximate surface area is 160 Å². The molecule has 2 aliphatic rings. The summed E-state index contributed by atoms with van der Waals surface area (Å²) in [6, 6.07) is -0.797. The van der Waals surface area contributed by atoms with Crippen LogP contribution in [0.25, 0.3) is 0 Å². The highest BCUT2D eigenvalue weighted by atomic mass is 32.2. The molecule has 9 nitrogen and oxygen atoms in total. The van der Waals surface area contributed by atoms with Crippen molar-refractivity contribution < 1.29 is 31.7 Å². The van der Waals surface area contributed by atoms with Gasteiger partial charge in [-0.25, -0.2) is 4.79 Å². The van der Waals surface area contributed by atoms with Crippen molar-refractivity contribution in [2.45, 2.75) is 76.3 Å². The molecule has 1 saturated heterocycles. The normalized spacial score (nSPS) is 29.7. The molecule has 1 aliphatic heterocycles. The number of amides is 2. The van der Waals surface area contributed by atoms with E-state index in [1.807, 2.05) is 0 Å². The second kappa shape index (κ2) is 8.32. The number of alkyl carbamates (subject to hydrolysis) is 1. The predicted molar refractivity (Wildman–Crippen MR) is 97.6 cm³/mol. The van der Waals surface area contributed by atoms with Gasteiger partial charge < -0.3 is 19.7 Å². The van der Waals surface area contributed by atoms with E-state index in [1.165, 1.54) is 7.11 Å². The molecule has 10 heteroatoms. The van der Waals surface area contributed by atoms with Crippen LogP contribution in [0, 0.1) is 0 Å². The van der Waals surface area contributed by atoms with E-state index < -0.39 is 34.0 Å². The molecule has 2 fully saturated rings. The van der Waals surface area contributed by atoms with E-state index in [0.717, 1.165) is 6.26 Å². The van der Waals surface area contributed by atoms with Gasteiger partial charge in [-0.05, 0) is 40.0 Å². The van der Waals surface area contributed by atoms with Gasteiger partial charge in [-0.1, -0.05) is 0 Å². The van der Waals surface area contributed by atoms with Gasteiger partial charge in [0.25, 0.3) is 10.1 Å². The summed E-state index contributed by atoms with van der Waals surface area (Å²) in [5.74, 6) is -0.171. The summed E-state index contributed by atoms with van der Waals surface area (Å²) in [6.07, 6.45) is 1.62. The van der Waals surface area contributed by atoms with Crippen molar-refractivity contribution in [3.63, 3.8) is 0 Å². The molecule has 0 aromatic carbocycles. The molecule has 2 amide bonds. The summed E-state index contributed by atoms with van der Waals surface area (Å²) >= 11 is 0. The van der Waals surface area contributed by atoms with Gasteiger partial charge in [0.15, 0.2) is 0 Å². The van der Waals surface area contributed by atoms with Crippen LogP contribution in [0.15, 0.2) is 0 Å². The monoisotopic (exact) mass is 406 g/mol. The topological polar surface area (TPSA) is 111 Å². The lowest BCUT2D eigenvalue weighted by atomic mass is 9.89. The van der Waals surface area contributed by atoms with E-state index >= 15 is 0 Å². The van der Waals surface area contributed by atoms with Gasteiger partial charge in [0.2, 0.25) is 5.91 Å². The summed E-state index contributed by atoms with van der Waals surface area (Å²) in [6.45, 7) is 5.78. The maximum Gasteiger partial charge on any atom is 0.408 e. The zero-order valence-electron chi connectivity index (χ0n) is 16.6. The quantitative estimate of drug-likeness (QED) is 0.679. The molecule has 4 atom stereocenters. The van der Waals surface area contributed by atoms with Gasteiger partial charge in [0.05, 0.1) is 24.5 Å². The van der Waals surface area contributed by atoms with Crippen molar-refractivity contribution in [1.82, 2.24) is 10.2 Å². The number of carbonyl (C=O) groups excluding carboxylic acids is 2. The van der Waals surface area contributed by atoms with Crippen LogP contribution in [0.5, 0.6) is 0 Å². The molecule has 2 rings (SSSR count). The van der Waals surface area contributed by atoms with Crippen LogP contribution in [0.2, 0.25) is 0 Å². The highest BCUT2D eigenvalue weighted by Crippen LogP contribution is 2.31. The fourth-order valence-corrected chi connectivity index (χ4v) is 4.31. The van der Waals surface area contributed by atoms with Crippen molar-refractivity contribution >= 4 is 22.1 Å². The Bertz CT molecular complexity index is 659. The van der Waals surface area contributed by atoms with E-state index in [4.69, 9.17) is 13.7 Å². The van der Waals surface area contributed by atoms with Gasteiger partial charge in [-0.2, -0.15) is 8.42 Å². The second-order valence-electron chi connectivity index (χ2n) is 8.10. The smallest absolute Gasteiger partial charge is 0.408 e. The molecule has 1 heterocycles. The number of rotatable bonds is 5. The Kier molecular flexibility index (Phi) is 6.75. The van der Waals surface area contributed by atoms with E-state index in [0.29, 0.717) is 32.2 Å². The molecule has 0 radical (unpaired) electrons. The van der Waals surface area contributed by atoms with Gasteiger partial charge in [0, 0.05) is 20.1 Å². The molecule has 0 bridgehead atoms. The molecule has 1 N–H and O–H groups in total. The number of hydrogen-bond acceptors (Lipinski definition) is 7. The first-order valence-corrected chi connectivity index (χ1v) is 10.9. The summed E-state index contributed by atoms with van der Waals surface area (Å²) < 4.78 is 38.5. The molecule has 1 aliphatic carbocycles. The maximum atomic E-state index is 12.8. The van der Waals surface area contributed by atoms with Crippen LogP contribution in [-0.4, -0.2) is 75.1 Å². The molecule has 0 spiro atoms. The summed E-state index contributed by atoms with van der Waals surface area (Å²) in [4.78, 5) is 26.4. The minimum atomic E-state index is -3.54. The number of hydrogen-bond donors (Lipinski definition) is 1. The van der Waals surface area contributed by atoms with Crippen molar-refractivity contribution in [1.29, 1.82) is 0 Å². The average Bonchev–Trinajstić information content (AvgIpc) is 2.84. The van der Waals surface area contributed by atoms with Crippen LogP contribution in [-0.2, 0) is 28.6 Å². The number of likely N-dealkylation sites (tertiary alicyclic amines) is 1. The molecule has 156 valence electrons. The number of methoxy groups -OCH3 is 1. The second-order valence-corrected chi connectivity index (χ2v) is 9.70. The highest BCUT2D eigenvalue weighted by molar-refractivity contribution is 7.86. The zero-order chi connectivity index (χ0) is 20.4. The van der Waals surface area contributed by atoms with Crippen molar-refractivity contribution in [3.8, 4) is 0 Å². The van der Waals surface area contributed by atoms with E-state index in [-0.39, 0.29) is 18.1 Å². The summed E-state index contributed by atoms with van der Waals surface area (Å²) in [7, 11) is -2.00. The fraction of sp³-hybridized carbons (Fsp3) is 0.882. The Morgan fingerprint density at radius 3 is 2.44 bits per heavy atom. The Hall–Kier alpha value is -1.39. The largest absolute Gasteiger partial charge is 0.444 e. The van der Waals surface area contributed by atoms with E-state index in [1.54, 1.807) is 25.7 Å². The van der Waals surface area contributed by atoms with Crippen LogP contribution < -0.4 is 5.32 Å². The SMILES string of the molecule is CO[C@@H]1CC(OS(C)(=O)=O)CC[C@@H]1N1CC[C@H](NC(=O)OC(C)(C)C)C1=O. The van der Waals surface area contributed by atoms with E-state index in [9.17, 15) is 18.0 Å². The first kappa shape index (κ1) is 21.9. The van der Waals surface area contributed by atoms with Gasteiger partial charge in [-0.15, -0.1) is 0 Å². The molecule has 27 heavy (non-hydrogen) atoms. The minimum Gasteiger partial charge on any atom is -0.444 e. The average molecular weight is 407 g/mol. The first-order chi connectivity index (χ1) is 12.4. The standard InChI is InChI=1S/C17H30N2O7S/c1-17(2,3)25-16(21)18-12-8-9-19(15(12)20)13-7-6-11(10-14(13)24-4)26-27(5,22)23/h11-14H,6-10H2,1-5H3,(H,18,21)/t11?,12-,13-,14+/m0/s1. The molecule has 0 aromatic heterocycles. The van der Waals surface area contributed by atoms with Gasteiger partial charge in [-0.3, -0.25) is 8.98 Å². The van der Waals surface area contributed by atoms with Crippen molar-refractivity contribution in [2.24, 2.45) is 0 Å². The molecular formula is C17H30N2O7S. The molecule has 0 aromatic rings. The van der Waals surface area contributed by atoms with Crippen LogP contribution >= 0.6 is 0 Å². The number of nitrogens with one attached hydrogen (secondary N) is 1. The number of ether oxygens (including phenoxy) is 2. The van der Waals surface area contributed by atoms with Crippen molar-refractivity contribution in [2.75, 3.05) is 19.9 Å². The van der Waals surface area contributed by atoms with Crippen molar-refractivity contribution in [3.05, 3.63) is 0 Å². The Morgan fingerprint density at radius 1 is 1.22 bits per heavy atom. The highest BCUT2D eigenvalue weighted by Gasteiger charge is 2.43. The van der Waals surface area contributed by atoms with E-state index in [2.05, 4.69) is 5.32 Å². The lowest BCUT2D eigenvalue weighted by molar-refractivity contribution is -0.136. The first-order valence-electron chi connectivity index (χ1n) is 9.10. The Balaban J connectivity index is 1.96. The van der Waals surface area contributed by atoms with Gasteiger partial charge >= 0.3 is 6.09 Å². The number of nitrogens with zero attached hydrogens (tertiary/aromatic N) is 1. The summed E-state index contributed by atoms with van der Waals surface area (Å²) in [5, 5.41) is 2.63.